The minimum atomic E-state index is -3.75. The van der Waals surface area contributed by atoms with E-state index in [1.807, 2.05) is 10.8 Å². The van der Waals surface area contributed by atoms with Gasteiger partial charge >= 0.3 is 6.03 Å². The Labute approximate surface area is 101 Å². The van der Waals surface area contributed by atoms with Gasteiger partial charge in [-0.25, -0.2) is 17.9 Å². The lowest BCUT2D eigenvalue weighted by Gasteiger charge is -2.10. The molecular formula is C11H14N2O3S. The van der Waals surface area contributed by atoms with E-state index in [2.05, 4.69) is 0 Å². The van der Waals surface area contributed by atoms with Gasteiger partial charge in [-0.3, -0.25) is 0 Å². The van der Waals surface area contributed by atoms with E-state index in [0.717, 1.165) is 15.9 Å². The predicted octanol–water partition coefficient (Wildman–Crippen LogP) is 1.26. The molecule has 1 rings (SSSR count). The molecule has 92 valence electrons. The molecular weight excluding hydrogens is 240 g/mol. The van der Waals surface area contributed by atoms with E-state index >= 15 is 0 Å². The zero-order valence-corrected chi connectivity index (χ0v) is 10.4. The molecule has 0 bridgehead atoms. The van der Waals surface area contributed by atoms with Crippen LogP contribution in [0.5, 0.6) is 0 Å². The highest BCUT2D eigenvalue weighted by Crippen LogP contribution is 2.02. The standard InChI is InChI=1S/C11H14N2O3S/c1-13(2)11(14)12-17(15,16)9-8-10-6-4-3-5-7-10/h3-9H,1-2H3,(H,12,14). The number of nitrogens with one attached hydrogen (secondary N) is 1. The summed E-state index contributed by atoms with van der Waals surface area (Å²) >= 11 is 0. The number of amides is 2. The molecule has 1 N–H and O–H groups in total. The van der Waals surface area contributed by atoms with Crippen LogP contribution >= 0.6 is 0 Å². The highest BCUT2D eigenvalue weighted by Gasteiger charge is 2.11. The van der Waals surface area contributed by atoms with Gasteiger partial charge in [-0.05, 0) is 11.6 Å². The molecule has 1 aromatic carbocycles. The highest BCUT2D eigenvalue weighted by atomic mass is 32.2. The summed E-state index contributed by atoms with van der Waals surface area (Å²) in [5, 5.41) is 0.962. The summed E-state index contributed by atoms with van der Waals surface area (Å²) in [5.41, 5.74) is 0.746. The Morgan fingerprint density at radius 2 is 1.82 bits per heavy atom. The first-order valence-electron chi connectivity index (χ1n) is 4.88. The summed E-state index contributed by atoms with van der Waals surface area (Å²) in [6.07, 6.45) is 1.42. The third-order valence-corrected chi connectivity index (χ3v) is 2.83. The van der Waals surface area contributed by atoms with Gasteiger partial charge in [0.15, 0.2) is 0 Å². The number of carbonyl (C=O) groups is 1. The minimum absolute atomic E-state index is 0.678. The number of urea groups is 1. The summed E-state index contributed by atoms with van der Waals surface area (Å²) in [7, 11) is -0.818. The second-order valence-electron chi connectivity index (χ2n) is 3.56. The third kappa shape index (κ3) is 4.69. The van der Waals surface area contributed by atoms with Gasteiger partial charge in [0.1, 0.15) is 0 Å². The van der Waals surface area contributed by atoms with E-state index in [9.17, 15) is 13.2 Å². The molecule has 0 unspecified atom stereocenters. The average molecular weight is 254 g/mol. The lowest BCUT2D eigenvalue weighted by atomic mass is 10.2. The van der Waals surface area contributed by atoms with Gasteiger partial charge in [-0.15, -0.1) is 0 Å². The Kier molecular flexibility index (Phi) is 4.28. The molecule has 0 heterocycles. The fourth-order valence-electron chi connectivity index (χ4n) is 0.979. The second kappa shape index (κ2) is 5.49. The molecule has 0 radical (unpaired) electrons. The maximum absolute atomic E-state index is 11.5. The normalized spacial score (nSPS) is 11.4. The van der Waals surface area contributed by atoms with E-state index in [1.165, 1.54) is 20.2 Å². The molecule has 0 fully saturated rings. The van der Waals surface area contributed by atoms with Gasteiger partial charge in [0.05, 0.1) is 5.41 Å². The SMILES string of the molecule is CN(C)C(=O)NS(=O)(=O)C=Cc1ccccc1. The van der Waals surface area contributed by atoms with Crippen molar-refractivity contribution in [3.63, 3.8) is 0 Å². The Bertz CT molecular complexity index is 507. The van der Waals surface area contributed by atoms with Gasteiger partial charge in [0.2, 0.25) is 0 Å². The van der Waals surface area contributed by atoms with Gasteiger partial charge in [-0.1, -0.05) is 30.3 Å². The van der Waals surface area contributed by atoms with E-state index in [0.29, 0.717) is 0 Å². The number of hydrogen-bond donors (Lipinski definition) is 1. The van der Waals surface area contributed by atoms with E-state index in [-0.39, 0.29) is 0 Å². The van der Waals surface area contributed by atoms with Crippen molar-refractivity contribution < 1.29 is 13.2 Å². The highest BCUT2D eigenvalue weighted by molar-refractivity contribution is 7.93. The van der Waals surface area contributed by atoms with Crippen molar-refractivity contribution in [3.05, 3.63) is 41.3 Å². The molecule has 0 aromatic heterocycles. The third-order valence-electron chi connectivity index (χ3n) is 1.87. The maximum Gasteiger partial charge on any atom is 0.330 e. The number of hydrogen-bond acceptors (Lipinski definition) is 3. The molecule has 0 aliphatic rings. The van der Waals surface area contributed by atoms with Crippen molar-refractivity contribution in [1.29, 1.82) is 0 Å². The van der Waals surface area contributed by atoms with Crippen LogP contribution in [0.15, 0.2) is 35.7 Å². The van der Waals surface area contributed by atoms with Crippen LogP contribution in [0.25, 0.3) is 6.08 Å². The zero-order chi connectivity index (χ0) is 12.9. The number of benzene rings is 1. The molecule has 0 saturated heterocycles. The van der Waals surface area contributed by atoms with Crippen LogP contribution in [0.4, 0.5) is 4.79 Å². The quantitative estimate of drug-likeness (QED) is 0.883. The fourth-order valence-corrected chi connectivity index (χ4v) is 1.81. The topological polar surface area (TPSA) is 66.5 Å². The Hall–Kier alpha value is -1.82. The van der Waals surface area contributed by atoms with Crippen LogP contribution in [-0.2, 0) is 10.0 Å². The van der Waals surface area contributed by atoms with E-state index in [4.69, 9.17) is 0 Å². The van der Waals surface area contributed by atoms with Crippen LogP contribution in [0, 0.1) is 0 Å². The van der Waals surface area contributed by atoms with Crippen molar-refractivity contribution in [2.24, 2.45) is 0 Å². The molecule has 0 saturated carbocycles. The van der Waals surface area contributed by atoms with Crippen molar-refractivity contribution in [2.45, 2.75) is 0 Å². The Morgan fingerprint density at radius 1 is 1.24 bits per heavy atom. The largest absolute Gasteiger partial charge is 0.330 e. The fraction of sp³-hybridized carbons (Fsp3) is 0.182. The van der Waals surface area contributed by atoms with Crippen LogP contribution in [0.2, 0.25) is 0 Å². The summed E-state index contributed by atoms with van der Waals surface area (Å²) < 4.78 is 24.8. The van der Waals surface area contributed by atoms with Crippen LogP contribution in [0.3, 0.4) is 0 Å². The van der Waals surface area contributed by atoms with Crippen molar-refractivity contribution in [2.75, 3.05) is 14.1 Å². The maximum atomic E-state index is 11.5. The smallest absolute Gasteiger partial charge is 0.330 e. The number of nitrogens with zero attached hydrogens (tertiary/aromatic N) is 1. The summed E-state index contributed by atoms with van der Waals surface area (Å²) in [4.78, 5) is 12.3. The van der Waals surface area contributed by atoms with Gasteiger partial charge in [0.25, 0.3) is 10.0 Å². The average Bonchev–Trinajstić information content (AvgIpc) is 2.27. The molecule has 0 spiro atoms. The molecule has 1 aromatic rings. The van der Waals surface area contributed by atoms with E-state index < -0.39 is 16.1 Å². The number of carbonyl (C=O) groups excluding carboxylic acids is 1. The molecule has 0 aliphatic carbocycles. The minimum Gasteiger partial charge on any atom is -0.330 e. The number of rotatable bonds is 3. The molecule has 0 aliphatic heterocycles. The van der Waals surface area contributed by atoms with Crippen molar-refractivity contribution in [1.82, 2.24) is 9.62 Å². The predicted molar refractivity (Wildman–Crippen MR) is 66.6 cm³/mol. The molecule has 6 heteroatoms. The van der Waals surface area contributed by atoms with Crippen LogP contribution in [0.1, 0.15) is 5.56 Å². The molecule has 0 atom stereocenters. The number of sulfonamides is 1. The first kappa shape index (κ1) is 13.2. The second-order valence-corrected chi connectivity index (χ2v) is 5.13. The van der Waals surface area contributed by atoms with Gasteiger partial charge in [-0.2, -0.15) is 0 Å². The zero-order valence-electron chi connectivity index (χ0n) is 9.62. The Balaban J connectivity index is 2.74. The van der Waals surface area contributed by atoms with Crippen molar-refractivity contribution in [3.8, 4) is 0 Å². The lowest BCUT2D eigenvalue weighted by molar-refractivity contribution is 0.223. The molecule has 2 amide bonds. The van der Waals surface area contributed by atoms with Crippen LogP contribution in [-0.4, -0.2) is 33.4 Å². The van der Waals surface area contributed by atoms with Crippen LogP contribution < -0.4 is 4.72 Å². The lowest BCUT2D eigenvalue weighted by Crippen LogP contribution is -2.37. The molecule has 5 nitrogen and oxygen atoms in total. The summed E-state index contributed by atoms with van der Waals surface area (Å²) in [5.74, 6) is 0. The summed E-state index contributed by atoms with van der Waals surface area (Å²) in [6.45, 7) is 0. The first-order chi connectivity index (χ1) is 7.91. The summed E-state index contributed by atoms with van der Waals surface area (Å²) in [6, 6.07) is 8.27. The van der Waals surface area contributed by atoms with Gasteiger partial charge < -0.3 is 4.90 Å². The van der Waals surface area contributed by atoms with Gasteiger partial charge in [0, 0.05) is 14.1 Å². The van der Waals surface area contributed by atoms with Crippen molar-refractivity contribution >= 4 is 22.1 Å². The Morgan fingerprint density at radius 3 is 2.35 bits per heavy atom. The first-order valence-corrected chi connectivity index (χ1v) is 6.42. The monoisotopic (exact) mass is 254 g/mol. The van der Waals surface area contributed by atoms with E-state index in [1.54, 1.807) is 24.3 Å². The molecule has 17 heavy (non-hydrogen) atoms.